The van der Waals surface area contributed by atoms with E-state index in [-0.39, 0.29) is 12.2 Å². The molecule has 10 heavy (non-hydrogen) atoms. The minimum Gasteiger partial charge on any atom is -0.390 e. The van der Waals surface area contributed by atoms with Gasteiger partial charge in [-0.05, 0) is 18.8 Å². The number of aliphatic hydroxyl groups excluding tert-OH is 1. The van der Waals surface area contributed by atoms with Crippen LogP contribution in [0.1, 0.15) is 26.7 Å². The maximum absolute atomic E-state index is 9.41. The largest absolute Gasteiger partial charge is 0.390 e. The van der Waals surface area contributed by atoms with Gasteiger partial charge in [-0.25, -0.2) is 0 Å². The van der Waals surface area contributed by atoms with E-state index in [1.807, 2.05) is 6.92 Å². The summed E-state index contributed by atoms with van der Waals surface area (Å²) in [6, 6.07) is 0. The van der Waals surface area contributed by atoms with Crippen LogP contribution in [0.15, 0.2) is 0 Å². The fourth-order valence-electron chi connectivity index (χ4n) is 1.42. The molecule has 0 aliphatic carbocycles. The van der Waals surface area contributed by atoms with Crippen molar-refractivity contribution in [1.82, 2.24) is 0 Å². The van der Waals surface area contributed by atoms with Gasteiger partial charge in [-0.15, -0.1) is 0 Å². The van der Waals surface area contributed by atoms with Crippen molar-refractivity contribution >= 4 is 0 Å². The summed E-state index contributed by atoms with van der Waals surface area (Å²) in [6.07, 6.45) is 1.69. The lowest BCUT2D eigenvalue weighted by Crippen LogP contribution is -2.37. The Kier molecular flexibility index (Phi) is 2.69. The van der Waals surface area contributed by atoms with Gasteiger partial charge in [-0.3, -0.25) is 0 Å². The first kappa shape index (κ1) is 8.02. The monoisotopic (exact) mass is 144 g/mol. The third-order valence-electron chi connectivity index (χ3n) is 2.07. The molecule has 0 aromatic heterocycles. The molecule has 3 unspecified atom stereocenters. The van der Waals surface area contributed by atoms with Crippen molar-refractivity contribution in [3.8, 4) is 0 Å². The number of ether oxygens (including phenoxy) is 1. The second kappa shape index (κ2) is 3.35. The maximum Gasteiger partial charge on any atom is 0.0831 e. The van der Waals surface area contributed by atoms with Gasteiger partial charge < -0.3 is 9.84 Å². The molecule has 0 saturated carbocycles. The van der Waals surface area contributed by atoms with Crippen molar-refractivity contribution in [2.75, 3.05) is 6.61 Å². The molecule has 1 saturated heterocycles. The van der Waals surface area contributed by atoms with Gasteiger partial charge in [0.2, 0.25) is 0 Å². The summed E-state index contributed by atoms with van der Waals surface area (Å²) in [5.41, 5.74) is 0. The fraction of sp³-hybridized carbons (Fsp3) is 1.00. The van der Waals surface area contributed by atoms with Crippen LogP contribution in [-0.4, -0.2) is 23.9 Å². The smallest absolute Gasteiger partial charge is 0.0831 e. The highest BCUT2D eigenvalue weighted by Crippen LogP contribution is 2.20. The first-order valence-electron chi connectivity index (χ1n) is 4.03. The summed E-state index contributed by atoms with van der Waals surface area (Å²) in [5, 5.41) is 9.41. The Hall–Kier alpha value is -0.0800. The second-order valence-corrected chi connectivity index (χ2v) is 3.19. The van der Waals surface area contributed by atoms with Gasteiger partial charge in [0.05, 0.1) is 12.2 Å². The molecule has 0 spiro atoms. The Morgan fingerprint density at radius 2 is 2.30 bits per heavy atom. The predicted molar refractivity (Wildman–Crippen MR) is 39.8 cm³/mol. The SMILES string of the molecule is CCC1OCC(C)CC1O. The average molecular weight is 144 g/mol. The Balaban J connectivity index is 2.36. The molecule has 0 amide bonds. The van der Waals surface area contributed by atoms with Gasteiger partial charge in [0.15, 0.2) is 0 Å². The van der Waals surface area contributed by atoms with Crippen LogP contribution in [0.4, 0.5) is 0 Å². The zero-order chi connectivity index (χ0) is 7.56. The summed E-state index contributed by atoms with van der Waals surface area (Å²) in [6.45, 7) is 4.97. The van der Waals surface area contributed by atoms with Crippen LogP contribution in [0, 0.1) is 5.92 Å². The van der Waals surface area contributed by atoms with E-state index in [4.69, 9.17) is 4.74 Å². The van der Waals surface area contributed by atoms with Crippen LogP contribution in [-0.2, 0) is 4.74 Å². The minimum absolute atomic E-state index is 0.0937. The Morgan fingerprint density at radius 1 is 1.60 bits per heavy atom. The van der Waals surface area contributed by atoms with Crippen molar-refractivity contribution in [3.63, 3.8) is 0 Å². The highest BCUT2D eigenvalue weighted by atomic mass is 16.5. The van der Waals surface area contributed by atoms with Gasteiger partial charge in [0.25, 0.3) is 0 Å². The van der Waals surface area contributed by atoms with Gasteiger partial charge >= 0.3 is 0 Å². The molecular formula is C8H16O2. The van der Waals surface area contributed by atoms with Crippen molar-refractivity contribution < 1.29 is 9.84 Å². The van der Waals surface area contributed by atoms with E-state index >= 15 is 0 Å². The van der Waals surface area contributed by atoms with Crippen molar-refractivity contribution in [3.05, 3.63) is 0 Å². The van der Waals surface area contributed by atoms with E-state index < -0.39 is 0 Å². The van der Waals surface area contributed by atoms with Gasteiger partial charge in [-0.1, -0.05) is 13.8 Å². The van der Waals surface area contributed by atoms with Gasteiger partial charge in [0, 0.05) is 6.61 Å². The normalized spacial score (nSPS) is 41.7. The third kappa shape index (κ3) is 1.70. The molecule has 1 aliphatic heterocycles. The molecule has 1 N–H and O–H groups in total. The van der Waals surface area contributed by atoms with E-state index in [1.165, 1.54) is 0 Å². The predicted octanol–water partition coefficient (Wildman–Crippen LogP) is 1.18. The Bertz CT molecular complexity index is 103. The molecule has 1 fully saturated rings. The molecule has 0 radical (unpaired) electrons. The van der Waals surface area contributed by atoms with Crippen LogP contribution in [0.2, 0.25) is 0 Å². The van der Waals surface area contributed by atoms with Crippen LogP contribution in [0.5, 0.6) is 0 Å². The molecule has 3 atom stereocenters. The van der Waals surface area contributed by atoms with Crippen LogP contribution < -0.4 is 0 Å². The quantitative estimate of drug-likeness (QED) is 0.599. The Morgan fingerprint density at radius 3 is 2.80 bits per heavy atom. The molecule has 2 nitrogen and oxygen atoms in total. The number of aliphatic hydroxyl groups is 1. The molecule has 2 heteroatoms. The van der Waals surface area contributed by atoms with E-state index in [9.17, 15) is 5.11 Å². The van der Waals surface area contributed by atoms with E-state index in [0.717, 1.165) is 19.4 Å². The molecule has 1 heterocycles. The number of hydrogen-bond donors (Lipinski definition) is 1. The fourth-order valence-corrected chi connectivity index (χ4v) is 1.42. The summed E-state index contributed by atoms with van der Waals surface area (Å²) in [5.74, 6) is 0.526. The van der Waals surface area contributed by atoms with Crippen molar-refractivity contribution in [2.24, 2.45) is 5.92 Å². The van der Waals surface area contributed by atoms with Crippen molar-refractivity contribution in [2.45, 2.75) is 38.9 Å². The molecule has 0 bridgehead atoms. The van der Waals surface area contributed by atoms with Crippen molar-refractivity contribution in [1.29, 1.82) is 0 Å². The minimum atomic E-state index is -0.228. The molecule has 60 valence electrons. The summed E-state index contributed by atoms with van der Waals surface area (Å²) in [7, 11) is 0. The first-order valence-corrected chi connectivity index (χ1v) is 4.03. The lowest BCUT2D eigenvalue weighted by molar-refractivity contribution is -0.0953. The van der Waals surface area contributed by atoms with Crippen LogP contribution in [0.25, 0.3) is 0 Å². The molecule has 0 aromatic carbocycles. The lowest BCUT2D eigenvalue weighted by atomic mass is 9.96. The molecule has 1 rings (SSSR count). The lowest BCUT2D eigenvalue weighted by Gasteiger charge is -2.30. The zero-order valence-electron chi connectivity index (χ0n) is 6.71. The standard InChI is InChI=1S/C8H16O2/c1-3-8-7(9)4-6(2)5-10-8/h6-9H,3-5H2,1-2H3. The van der Waals surface area contributed by atoms with E-state index in [0.29, 0.717) is 5.92 Å². The summed E-state index contributed by atoms with van der Waals surface area (Å²) >= 11 is 0. The number of rotatable bonds is 1. The van der Waals surface area contributed by atoms with E-state index in [2.05, 4.69) is 6.92 Å². The highest BCUT2D eigenvalue weighted by molar-refractivity contribution is 4.75. The molecule has 1 aliphatic rings. The summed E-state index contributed by atoms with van der Waals surface area (Å²) < 4.78 is 5.40. The zero-order valence-corrected chi connectivity index (χ0v) is 6.71. The average Bonchev–Trinajstić information content (AvgIpc) is 1.88. The third-order valence-corrected chi connectivity index (χ3v) is 2.07. The van der Waals surface area contributed by atoms with Crippen LogP contribution >= 0.6 is 0 Å². The molecule has 0 aromatic rings. The molecular weight excluding hydrogens is 128 g/mol. The van der Waals surface area contributed by atoms with Crippen LogP contribution in [0.3, 0.4) is 0 Å². The van der Waals surface area contributed by atoms with E-state index in [1.54, 1.807) is 0 Å². The highest BCUT2D eigenvalue weighted by Gasteiger charge is 2.25. The Labute approximate surface area is 62.2 Å². The van der Waals surface area contributed by atoms with Gasteiger partial charge in [0.1, 0.15) is 0 Å². The summed E-state index contributed by atoms with van der Waals surface area (Å²) in [4.78, 5) is 0. The van der Waals surface area contributed by atoms with Gasteiger partial charge in [-0.2, -0.15) is 0 Å². The topological polar surface area (TPSA) is 29.5 Å². The maximum atomic E-state index is 9.41. The first-order chi connectivity index (χ1) is 4.74. The second-order valence-electron chi connectivity index (χ2n) is 3.19. The number of hydrogen-bond acceptors (Lipinski definition) is 2.